The topological polar surface area (TPSA) is 41.9 Å². The van der Waals surface area contributed by atoms with Crippen molar-refractivity contribution < 1.29 is 14.6 Å². The molecule has 0 bridgehead atoms. The lowest BCUT2D eigenvalue weighted by Gasteiger charge is -2.29. The standard InChI is InChI=1S/C14H23NO3S/c1-11(9-17-2)18-10-13(16)8-15-5-3-14-12(7-15)4-6-19-14/h4,6,11,13,16H,3,5,7-10H2,1-2H3. The van der Waals surface area contributed by atoms with Gasteiger partial charge in [0.2, 0.25) is 0 Å². The Kier molecular flexibility index (Phi) is 5.78. The van der Waals surface area contributed by atoms with Crippen LogP contribution in [0.1, 0.15) is 17.4 Å². The van der Waals surface area contributed by atoms with Gasteiger partial charge in [-0.15, -0.1) is 11.3 Å². The second kappa shape index (κ2) is 7.36. The van der Waals surface area contributed by atoms with Crippen molar-refractivity contribution in [3.63, 3.8) is 0 Å². The molecule has 0 aromatic carbocycles. The van der Waals surface area contributed by atoms with E-state index < -0.39 is 6.10 Å². The van der Waals surface area contributed by atoms with Gasteiger partial charge in [-0.1, -0.05) is 0 Å². The van der Waals surface area contributed by atoms with Crippen LogP contribution in [-0.4, -0.2) is 55.6 Å². The molecule has 2 atom stereocenters. The van der Waals surface area contributed by atoms with Gasteiger partial charge in [0, 0.05) is 31.6 Å². The zero-order chi connectivity index (χ0) is 13.7. The highest BCUT2D eigenvalue weighted by molar-refractivity contribution is 7.10. The van der Waals surface area contributed by atoms with Crippen molar-refractivity contribution in [3.05, 3.63) is 21.9 Å². The maximum atomic E-state index is 10.0. The molecular weight excluding hydrogens is 262 g/mol. The summed E-state index contributed by atoms with van der Waals surface area (Å²) in [6.45, 7) is 5.54. The van der Waals surface area contributed by atoms with Crippen molar-refractivity contribution in [2.75, 3.05) is 33.4 Å². The van der Waals surface area contributed by atoms with E-state index in [-0.39, 0.29) is 6.10 Å². The zero-order valence-corrected chi connectivity index (χ0v) is 12.5. The number of nitrogens with zero attached hydrogens (tertiary/aromatic N) is 1. The van der Waals surface area contributed by atoms with Crippen molar-refractivity contribution in [2.45, 2.75) is 32.1 Å². The molecule has 0 amide bonds. The van der Waals surface area contributed by atoms with Gasteiger partial charge in [-0.2, -0.15) is 0 Å². The Morgan fingerprint density at radius 3 is 3.11 bits per heavy atom. The number of thiophene rings is 1. The van der Waals surface area contributed by atoms with Crippen LogP contribution in [0.25, 0.3) is 0 Å². The van der Waals surface area contributed by atoms with Gasteiger partial charge in [-0.25, -0.2) is 0 Å². The van der Waals surface area contributed by atoms with E-state index in [4.69, 9.17) is 9.47 Å². The Bertz CT molecular complexity index is 383. The number of hydrogen-bond acceptors (Lipinski definition) is 5. The number of methoxy groups -OCH3 is 1. The van der Waals surface area contributed by atoms with E-state index in [1.165, 1.54) is 10.4 Å². The number of ether oxygens (including phenoxy) is 2. The summed E-state index contributed by atoms with van der Waals surface area (Å²) in [5, 5.41) is 12.2. The van der Waals surface area contributed by atoms with Crippen LogP contribution in [0.4, 0.5) is 0 Å². The normalized spacial score (nSPS) is 19.1. The number of β-amino-alcohol motifs (C(OH)–C–C–N with tert-alkyl or cyclic N) is 1. The van der Waals surface area contributed by atoms with E-state index in [1.54, 1.807) is 7.11 Å². The molecule has 0 aliphatic carbocycles. The van der Waals surface area contributed by atoms with Gasteiger partial charge in [-0.05, 0) is 30.4 Å². The Morgan fingerprint density at radius 1 is 1.47 bits per heavy atom. The van der Waals surface area contributed by atoms with Crippen molar-refractivity contribution in [1.29, 1.82) is 0 Å². The highest BCUT2D eigenvalue weighted by Crippen LogP contribution is 2.23. The molecular formula is C14H23NO3S. The lowest BCUT2D eigenvalue weighted by atomic mass is 10.1. The monoisotopic (exact) mass is 285 g/mol. The molecule has 0 saturated heterocycles. The first kappa shape index (κ1) is 14.9. The maximum Gasteiger partial charge on any atom is 0.0900 e. The van der Waals surface area contributed by atoms with E-state index in [9.17, 15) is 5.11 Å². The minimum atomic E-state index is -0.431. The number of aliphatic hydroxyl groups excluding tert-OH is 1. The molecule has 1 aliphatic rings. The number of hydrogen-bond donors (Lipinski definition) is 1. The van der Waals surface area contributed by atoms with Crippen LogP contribution in [0, 0.1) is 0 Å². The van der Waals surface area contributed by atoms with E-state index >= 15 is 0 Å². The van der Waals surface area contributed by atoms with Crippen LogP contribution in [0.3, 0.4) is 0 Å². The van der Waals surface area contributed by atoms with Crippen molar-refractivity contribution >= 4 is 11.3 Å². The number of aliphatic hydroxyl groups is 1. The second-order valence-corrected chi connectivity index (χ2v) is 6.11. The van der Waals surface area contributed by atoms with Crippen LogP contribution >= 0.6 is 11.3 Å². The summed E-state index contributed by atoms with van der Waals surface area (Å²) in [6, 6.07) is 2.19. The third kappa shape index (κ3) is 4.54. The maximum absolute atomic E-state index is 10.0. The van der Waals surface area contributed by atoms with Crippen molar-refractivity contribution in [3.8, 4) is 0 Å². The minimum absolute atomic E-state index is 0.0319. The second-order valence-electron chi connectivity index (χ2n) is 5.11. The molecule has 5 heteroatoms. The van der Waals surface area contributed by atoms with E-state index in [2.05, 4.69) is 16.3 Å². The first-order chi connectivity index (χ1) is 9.19. The lowest BCUT2D eigenvalue weighted by molar-refractivity contribution is -0.0405. The Labute approximate surface area is 118 Å². The molecule has 0 spiro atoms. The van der Waals surface area contributed by atoms with Gasteiger partial charge in [0.05, 0.1) is 25.4 Å². The summed E-state index contributed by atoms with van der Waals surface area (Å²) in [5.41, 5.74) is 1.41. The fourth-order valence-corrected chi connectivity index (χ4v) is 3.26. The molecule has 0 fully saturated rings. The SMILES string of the molecule is COCC(C)OCC(O)CN1CCc2sccc2C1. The van der Waals surface area contributed by atoms with Gasteiger partial charge < -0.3 is 14.6 Å². The van der Waals surface area contributed by atoms with Gasteiger partial charge in [0.15, 0.2) is 0 Å². The van der Waals surface area contributed by atoms with Crippen LogP contribution < -0.4 is 0 Å². The molecule has 2 rings (SSSR count). The Morgan fingerprint density at radius 2 is 2.32 bits per heavy atom. The highest BCUT2D eigenvalue weighted by atomic mass is 32.1. The average molecular weight is 285 g/mol. The first-order valence-corrected chi connectivity index (χ1v) is 7.63. The first-order valence-electron chi connectivity index (χ1n) is 6.75. The molecule has 4 nitrogen and oxygen atoms in total. The highest BCUT2D eigenvalue weighted by Gasteiger charge is 2.19. The summed E-state index contributed by atoms with van der Waals surface area (Å²) >= 11 is 1.84. The summed E-state index contributed by atoms with van der Waals surface area (Å²) < 4.78 is 10.5. The predicted molar refractivity (Wildman–Crippen MR) is 76.6 cm³/mol. The van der Waals surface area contributed by atoms with E-state index in [1.807, 2.05) is 18.3 Å². The zero-order valence-electron chi connectivity index (χ0n) is 11.7. The fourth-order valence-electron chi connectivity index (χ4n) is 2.37. The van der Waals surface area contributed by atoms with E-state index in [0.29, 0.717) is 19.8 Å². The minimum Gasteiger partial charge on any atom is -0.389 e. The van der Waals surface area contributed by atoms with Gasteiger partial charge >= 0.3 is 0 Å². The number of rotatable bonds is 7. The molecule has 1 N–H and O–H groups in total. The van der Waals surface area contributed by atoms with Gasteiger partial charge in [0.25, 0.3) is 0 Å². The predicted octanol–water partition coefficient (Wildman–Crippen LogP) is 1.52. The van der Waals surface area contributed by atoms with Crippen molar-refractivity contribution in [1.82, 2.24) is 4.90 Å². The molecule has 2 unspecified atom stereocenters. The summed E-state index contributed by atoms with van der Waals surface area (Å²) in [5.74, 6) is 0. The van der Waals surface area contributed by atoms with Gasteiger partial charge in [0.1, 0.15) is 0 Å². The smallest absolute Gasteiger partial charge is 0.0900 e. The number of fused-ring (bicyclic) bond motifs is 1. The van der Waals surface area contributed by atoms with Crippen LogP contribution in [0.15, 0.2) is 11.4 Å². The molecule has 19 heavy (non-hydrogen) atoms. The van der Waals surface area contributed by atoms with Gasteiger partial charge in [-0.3, -0.25) is 4.90 Å². The summed E-state index contributed by atoms with van der Waals surface area (Å²) in [4.78, 5) is 3.79. The third-order valence-electron chi connectivity index (χ3n) is 3.33. The molecule has 108 valence electrons. The van der Waals surface area contributed by atoms with Crippen LogP contribution in [0.2, 0.25) is 0 Å². The molecule has 0 saturated carbocycles. The van der Waals surface area contributed by atoms with Crippen LogP contribution in [0.5, 0.6) is 0 Å². The summed E-state index contributed by atoms with van der Waals surface area (Å²) in [7, 11) is 1.66. The molecule has 1 aromatic heterocycles. The van der Waals surface area contributed by atoms with E-state index in [0.717, 1.165) is 19.5 Å². The van der Waals surface area contributed by atoms with Crippen molar-refractivity contribution in [2.24, 2.45) is 0 Å². The third-order valence-corrected chi connectivity index (χ3v) is 4.35. The molecule has 0 radical (unpaired) electrons. The molecule has 1 aliphatic heterocycles. The molecule has 1 aromatic rings. The summed E-state index contributed by atoms with van der Waals surface area (Å²) in [6.07, 6.45) is 0.699. The fraction of sp³-hybridized carbons (Fsp3) is 0.714. The Balaban J connectivity index is 1.70. The molecule has 2 heterocycles. The average Bonchev–Trinajstić information content (AvgIpc) is 2.84. The lowest BCUT2D eigenvalue weighted by Crippen LogP contribution is -2.38. The van der Waals surface area contributed by atoms with Crippen LogP contribution in [-0.2, 0) is 22.4 Å². The quantitative estimate of drug-likeness (QED) is 0.825. The largest absolute Gasteiger partial charge is 0.389 e. The Hall–Kier alpha value is -0.460.